The highest BCUT2D eigenvalue weighted by Crippen LogP contribution is 2.29. The van der Waals surface area contributed by atoms with Crippen LogP contribution in [0.15, 0.2) is 61.6 Å². The molecule has 0 aliphatic rings. The quantitative estimate of drug-likeness (QED) is 0.217. The van der Waals surface area contributed by atoms with Crippen LogP contribution in [-0.4, -0.2) is 62.9 Å². The molecule has 0 saturated carbocycles. The van der Waals surface area contributed by atoms with Crippen molar-refractivity contribution < 1.29 is 19.0 Å². The number of rotatable bonds is 11. The third kappa shape index (κ3) is 7.30. The van der Waals surface area contributed by atoms with Gasteiger partial charge in [0.05, 0.1) is 31.2 Å². The van der Waals surface area contributed by atoms with Crippen LogP contribution in [0.1, 0.15) is 17.7 Å². The molecular weight excluding hydrogens is 501 g/mol. The first-order valence-corrected chi connectivity index (χ1v) is 12.1. The van der Waals surface area contributed by atoms with Crippen molar-refractivity contribution in [3.8, 4) is 17.6 Å². The number of nitrogens with zero attached hydrogens (tertiary/aromatic N) is 4. The van der Waals surface area contributed by atoms with E-state index >= 15 is 0 Å². The van der Waals surface area contributed by atoms with Crippen molar-refractivity contribution in [2.24, 2.45) is 0 Å². The Labute approximate surface area is 224 Å². The van der Waals surface area contributed by atoms with Crippen LogP contribution in [0.2, 0.25) is 0 Å². The molecule has 2 heterocycles. The Morgan fingerprint density at radius 2 is 2.13 bits per heavy atom. The van der Waals surface area contributed by atoms with Gasteiger partial charge in [0.25, 0.3) is 0 Å². The van der Waals surface area contributed by atoms with Crippen molar-refractivity contribution in [3.05, 3.63) is 78.6 Å². The molecular formula is C28H28FN7O3. The van der Waals surface area contributed by atoms with E-state index in [1.807, 2.05) is 17.0 Å². The second-order valence-corrected chi connectivity index (χ2v) is 8.42. The van der Waals surface area contributed by atoms with Crippen LogP contribution in [0.3, 0.4) is 0 Å². The molecule has 2 aromatic heterocycles. The molecule has 11 heteroatoms. The zero-order chi connectivity index (χ0) is 27.6. The average molecular weight is 530 g/mol. The number of H-pyrrole nitrogens is 1. The molecule has 10 nitrogen and oxygen atoms in total. The number of aromatic nitrogens is 4. The third-order valence-corrected chi connectivity index (χ3v) is 5.69. The van der Waals surface area contributed by atoms with Crippen LogP contribution >= 0.6 is 0 Å². The minimum atomic E-state index is -0.428. The summed E-state index contributed by atoms with van der Waals surface area (Å²) in [4.78, 5) is 23.0. The van der Waals surface area contributed by atoms with Gasteiger partial charge in [0.1, 0.15) is 23.7 Å². The summed E-state index contributed by atoms with van der Waals surface area (Å²) in [7, 11) is 1.57. The van der Waals surface area contributed by atoms with Gasteiger partial charge in [-0.25, -0.2) is 14.4 Å². The van der Waals surface area contributed by atoms with E-state index in [-0.39, 0.29) is 18.9 Å². The number of benzene rings is 2. The summed E-state index contributed by atoms with van der Waals surface area (Å²) >= 11 is 0. The number of aliphatic hydroxyl groups excluding tert-OH is 1. The highest BCUT2D eigenvalue weighted by molar-refractivity contribution is 5.93. The normalized spacial score (nSPS) is 10.4. The Morgan fingerprint density at radius 1 is 1.26 bits per heavy atom. The molecule has 0 saturated heterocycles. The van der Waals surface area contributed by atoms with E-state index in [4.69, 9.17) is 9.84 Å². The lowest BCUT2D eigenvalue weighted by Gasteiger charge is -2.16. The molecule has 4 N–H and O–H groups in total. The molecule has 4 aromatic rings. The Morgan fingerprint density at radius 3 is 2.90 bits per heavy atom. The van der Waals surface area contributed by atoms with Crippen LogP contribution < -0.4 is 15.4 Å². The molecule has 0 aliphatic heterocycles. The number of anilines is 3. The van der Waals surface area contributed by atoms with E-state index in [9.17, 15) is 9.18 Å². The number of methoxy groups -OCH3 is 1. The first-order chi connectivity index (χ1) is 19.0. The number of nitrogens with one attached hydrogen (secondary N) is 3. The zero-order valence-electron chi connectivity index (χ0n) is 21.4. The largest absolute Gasteiger partial charge is 0.495 e. The van der Waals surface area contributed by atoms with Crippen molar-refractivity contribution in [3.63, 3.8) is 0 Å². The lowest BCUT2D eigenvalue weighted by Crippen LogP contribution is -2.21. The van der Waals surface area contributed by atoms with Gasteiger partial charge in [-0.1, -0.05) is 24.5 Å². The van der Waals surface area contributed by atoms with Gasteiger partial charge in [-0.3, -0.25) is 9.89 Å². The topological polar surface area (TPSA) is 128 Å². The van der Waals surface area contributed by atoms with Crippen molar-refractivity contribution in [2.45, 2.75) is 12.8 Å². The number of hydrogen-bond acceptors (Lipinski definition) is 8. The van der Waals surface area contributed by atoms with Gasteiger partial charge in [0.2, 0.25) is 5.91 Å². The van der Waals surface area contributed by atoms with Gasteiger partial charge in [0, 0.05) is 42.3 Å². The summed E-state index contributed by atoms with van der Waals surface area (Å²) in [5.41, 5.74) is 2.29. The molecule has 0 fully saturated rings. The Hall–Kier alpha value is -4.95. The van der Waals surface area contributed by atoms with Crippen LogP contribution in [0.5, 0.6) is 5.75 Å². The summed E-state index contributed by atoms with van der Waals surface area (Å²) in [6.07, 6.45) is 3.73. The minimum absolute atomic E-state index is 0.0239. The van der Waals surface area contributed by atoms with E-state index in [0.29, 0.717) is 64.7 Å². The fourth-order valence-corrected chi connectivity index (χ4v) is 3.81. The number of carbonyl (C=O) groups is 1. The van der Waals surface area contributed by atoms with E-state index in [0.717, 1.165) is 0 Å². The Bertz CT molecular complexity index is 1530. The molecule has 0 spiro atoms. The summed E-state index contributed by atoms with van der Waals surface area (Å²) in [5.74, 6) is 7.06. The first kappa shape index (κ1) is 27.1. The number of halogens is 1. The lowest BCUT2D eigenvalue weighted by atomic mass is 10.1. The predicted octanol–water partition coefficient (Wildman–Crippen LogP) is 3.60. The maximum atomic E-state index is 13.4. The van der Waals surface area contributed by atoms with E-state index in [1.165, 1.54) is 24.5 Å². The summed E-state index contributed by atoms with van der Waals surface area (Å²) < 4.78 is 18.9. The number of aliphatic hydroxyl groups is 1. The van der Waals surface area contributed by atoms with Gasteiger partial charge in [0.15, 0.2) is 5.82 Å². The van der Waals surface area contributed by atoms with Crippen molar-refractivity contribution in [1.29, 1.82) is 0 Å². The van der Waals surface area contributed by atoms with E-state index in [2.05, 4.69) is 49.2 Å². The van der Waals surface area contributed by atoms with Gasteiger partial charge in [-0.2, -0.15) is 5.10 Å². The number of amides is 1. The average Bonchev–Trinajstić information content (AvgIpc) is 3.36. The molecule has 4 rings (SSSR count). The number of carbonyl (C=O) groups excluding carboxylic acids is 1. The van der Waals surface area contributed by atoms with Crippen molar-refractivity contribution >= 4 is 34.1 Å². The Kier molecular flexibility index (Phi) is 9.05. The van der Waals surface area contributed by atoms with Gasteiger partial charge in [-0.05, 0) is 36.5 Å². The molecule has 0 unspecified atom stereocenters. The third-order valence-electron chi connectivity index (χ3n) is 5.69. The first-order valence-electron chi connectivity index (χ1n) is 12.1. The number of ether oxygens (including phenoxy) is 1. The lowest BCUT2D eigenvalue weighted by molar-refractivity contribution is -0.115. The zero-order valence-corrected chi connectivity index (χ0v) is 21.4. The molecule has 0 atom stereocenters. The van der Waals surface area contributed by atoms with Crippen molar-refractivity contribution in [1.82, 2.24) is 25.1 Å². The van der Waals surface area contributed by atoms with Crippen LogP contribution in [0, 0.1) is 17.7 Å². The SMILES string of the molecule is C=CN(CCO)CCC#Cc1cc2ncnc(Nc3cc(CC(=O)Nc4cccc(F)c4)[nH]n3)c2cc1OC. The Balaban J connectivity index is 1.46. The smallest absolute Gasteiger partial charge is 0.230 e. The van der Waals surface area contributed by atoms with Gasteiger partial charge < -0.3 is 25.4 Å². The molecule has 200 valence electrons. The minimum Gasteiger partial charge on any atom is -0.495 e. The highest BCUT2D eigenvalue weighted by Gasteiger charge is 2.12. The molecule has 0 bridgehead atoms. The summed E-state index contributed by atoms with van der Waals surface area (Å²) in [5, 5.41) is 22.6. The second-order valence-electron chi connectivity index (χ2n) is 8.42. The molecule has 1 amide bonds. The van der Waals surface area contributed by atoms with E-state index < -0.39 is 5.82 Å². The molecule has 0 aliphatic carbocycles. The summed E-state index contributed by atoms with van der Waals surface area (Å²) in [6, 6.07) is 11.0. The number of hydrogen-bond donors (Lipinski definition) is 4. The van der Waals surface area contributed by atoms with Crippen molar-refractivity contribution in [2.75, 3.05) is 37.4 Å². The fourth-order valence-electron chi connectivity index (χ4n) is 3.81. The molecule has 2 aromatic carbocycles. The highest BCUT2D eigenvalue weighted by atomic mass is 19.1. The summed E-state index contributed by atoms with van der Waals surface area (Å²) in [6.45, 7) is 4.96. The fraction of sp³-hybridized carbons (Fsp3) is 0.214. The van der Waals surface area contributed by atoms with Crippen LogP contribution in [0.25, 0.3) is 10.9 Å². The van der Waals surface area contributed by atoms with Gasteiger partial charge >= 0.3 is 0 Å². The number of aromatic amines is 1. The second kappa shape index (κ2) is 13.0. The van der Waals surface area contributed by atoms with Gasteiger partial charge in [-0.15, -0.1) is 0 Å². The molecule has 0 radical (unpaired) electrons. The van der Waals surface area contributed by atoms with Crippen LogP contribution in [0.4, 0.5) is 21.7 Å². The molecule has 39 heavy (non-hydrogen) atoms. The van der Waals surface area contributed by atoms with Crippen LogP contribution in [-0.2, 0) is 11.2 Å². The van der Waals surface area contributed by atoms with E-state index in [1.54, 1.807) is 25.4 Å². The maximum Gasteiger partial charge on any atom is 0.230 e. The predicted molar refractivity (Wildman–Crippen MR) is 147 cm³/mol. The number of fused-ring (bicyclic) bond motifs is 1. The monoisotopic (exact) mass is 529 g/mol. The maximum absolute atomic E-state index is 13.4. The standard InChI is InChI=1S/C28H28FN7O3/c1-3-36(11-12-37)10-5-4-7-19-13-24-23(17-25(19)39-2)28(31-18-30-24)33-26-15-22(34-35-26)16-27(38)32-21-9-6-8-20(29)14-21/h3,6,8-9,13-15,17-18,37H,1,5,10-12,16H2,2H3,(H,32,38)(H2,30,31,33,34,35).